The molecule has 1 aromatic carbocycles. The van der Waals surface area contributed by atoms with Crippen LogP contribution in [-0.4, -0.2) is 20.7 Å². The fourth-order valence-corrected chi connectivity index (χ4v) is 2.43. The lowest BCUT2D eigenvalue weighted by atomic mass is 10.2. The number of hydrogen-bond donors (Lipinski definition) is 2. The Morgan fingerprint density at radius 3 is 2.57 bits per heavy atom. The average Bonchev–Trinajstić information content (AvgIpc) is 2.84. The minimum absolute atomic E-state index is 0.0683. The summed E-state index contributed by atoms with van der Waals surface area (Å²) in [6.45, 7) is 3.69. The number of pyridine rings is 1. The quantitative estimate of drug-likeness (QED) is 0.780. The van der Waals surface area contributed by atoms with E-state index in [4.69, 9.17) is 0 Å². The van der Waals surface area contributed by atoms with Crippen molar-refractivity contribution >= 4 is 11.6 Å². The second-order valence-corrected chi connectivity index (χ2v) is 5.16. The number of hydrogen-bond acceptors (Lipinski definition) is 3. The summed E-state index contributed by atoms with van der Waals surface area (Å²) < 4.78 is 1.76. The van der Waals surface area contributed by atoms with Gasteiger partial charge in [-0.2, -0.15) is 5.10 Å². The topological polar surface area (TPSA) is 79.8 Å². The molecular formula is C17H16N4O2. The fourth-order valence-electron chi connectivity index (χ4n) is 2.43. The summed E-state index contributed by atoms with van der Waals surface area (Å²) in [6.07, 6.45) is 1.49. The van der Waals surface area contributed by atoms with Gasteiger partial charge in [0, 0.05) is 6.20 Å². The zero-order valence-corrected chi connectivity index (χ0v) is 12.8. The SMILES string of the molecule is Cc1nn(-c2ccccc2)c(C)c1NC(=O)c1ccc[nH]c1=O. The van der Waals surface area contributed by atoms with Crippen molar-refractivity contribution < 1.29 is 4.79 Å². The van der Waals surface area contributed by atoms with Crippen molar-refractivity contribution in [1.29, 1.82) is 0 Å². The summed E-state index contributed by atoms with van der Waals surface area (Å²) in [7, 11) is 0. The minimum atomic E-state index is -0.453. The lowest BCUT2D eigenvalue weighted by Crippen LogP contribution is -2.22. The van der Waals surface area contributed by atoms with Crippen molar-refractivity contribution in [2.75, 3.05) is 5.32 Å². The third kappa shape index (κ3) is 2.78. The molecule has 0 radical (unpaired) electrons. The van der Waals surface area contributed by atoms with Gasteiger partial charge in [0.2, 0.25) is 0 Å². The summed E-state index contributed by atoms with van der Waals surface area (Å²) in [5.74, 6) is -0.453. The van der Waals surface area contributed by atoms with Crippen LogP contribution >= 0.6 is 0 Å². The van der Waals surface area contributed by atoms with Crippen LogP contribution in [0.25, 0.3) is 5.69 Å². The van der Waals surface area contributed by atoms with E-state index >= 15 is 0 Å². The molecule has 3 rings (SSSR count). The summed E-state index contributed by atoms with van der Waals surface area (Å²) >= 11 is 0. The molecule has 0 aliphatic carbocycles. The highest BCUT2D eigenvalue weighted by molar-refractivity contribution is 6.04. The number of aromatic nitrogens is 3. The maximum absolute atomic E-state index is 12.3. The molecule has 2 aromatic heterocycles. The maximum Gasteiger partial charge on any atom is 0.261 e. The first-order valence-corrected chi connectivity index (χ1v) is 7.18. The predicted octanol–water partition coefficient (Wildman–Crippen LogP) is 2.43. The summed E-state index contributed by atoms with van der Waals surface area (Å²) in [6, 6.07) is 12.8. The van der Waals surface area contributed by atoms with Crippen molar-refractivity contribution in [1.82, 2.24) is 14.8 Å². The predicted molar refractivity (Wildman–Crippen MR) is 88.1 cm³/mol. The van der Waals surface area contributed by atoms with Gasteiger partial charge < -0.3 is 10.3 Å². The van der Waals surface area contributed by atoms with E-state index < -0.39 is 11.5 Å². The van der Waals surface area contributed by atoms with E-state index in [2.05, 4.69) is 15.4 Å². The number of carbonyl (C=O) groups is 1. The minimum Gasteiger partial charge on any atom is -0.328 e. The van der Waals surface area contributed by atoms with E-state index in [1.807, 2.05) is 44.2 Å². The molecular weight excluding hydrogens is 292 g/mol. The third-order valence-corrected chi connectivity index (χ3v) is 3.59. The first-order valence-electron chi connectivity index (χ1n) is 7.18. The zero-order chi connectivity index (χ0) is 16.4. The van der Waals surface area contributed by atoms with E-state index in [1.165, 1.54) is 12.3 Å². The molecule has 0 saturated carbocycles. The molecule has 0 atom stereocenters. The molecule has 0 unspecified atom stereocenters. The standard InChI is InChI=1S/C17H16N4O2/c1-11-15(19-17(23)14-9-6-10-18-16(14)22)12(2)21(20-11)13-7-4-3-5-8-13/h3-10H,1-2H3,(H,18,22)(H,19,23). The van der Waals surface area contributed by atoms with Crippen molar-refractivity contribution in [3.05, 3.63) is 76.0 Å². The highest BCUT2D eigenvalue weighted by Crippen LogP contribution is 2.23. The first-order chi connectivity index (χ1) is 11.1. The number of amides is 1. The van der Waals surface area contributed by atoms with Gasteiger partial charge in [-0.25, -0.2) is 4.68 Å². The van der Waals surface area contributed by atoms with Gasteiger partial charge in [-0.05, 0) is 38.1 Å². The largest absolute Gasteiger partial charge is 0.328 e. The Hall–Kier alpha value is -3.15. The van der Waals surface area contributed by atoms with Crippen LogP contribution < -0.4 is 10.9 Å². The molecule has 0 bridgehead atoms. The molecule has 2 heterocycles. The van der Waals surface area contributed by atoms with Gasteiger partial charge in [-0.15, -0.1) is 0 Å². The molecule has 1 amide bonds. The lowest BCUT2D eigenvalue weighted by Gasteiger charge is -2.06. The molecule has 0 saturated heterocycles. The molecule has 0 spiro atoms. The van der Waals surface area contributed by atoms with E-state index in [0.29, 0.717) is 11.4 Å². The van der Waals surface area contributed by atoms with Crippen molar-refractivity contribution in [2.45, 2.75) is 13.8 Å². The summed E-state index contributed by atoms with van der Waals surface area (Å²) in [4.78, 5) is 26.5. The number of benzene rings is 1. The number of aryl methyl sites for hydroxylation is 1. The van der Waals surface area contributed by atoms with Gasteiger partial charge in [0.15, 0.2) is 0 Å². The van der Waals surface area contributed by atoms with Crippen molar-refractivity contribution in [3.8, 4) is 5.69 Å². The second kappa shape index (κ2) is 5.92. The summed E-state index contributed by atoms with van der Waals surface area (Å²) in [5.41, 5.74) is 2.66. The Kier molecular flexibility index (Phi) is 3.80. The Balaban J connectivity index is 1.96. The number of anilines is 1. The van der Waals surface area contributed by atoms with Crippen LogP contribution in [0.1, 0.15) is 21.7 Å². The molecule has 2 N–H and O–H groups in total. The van der Waals surface area contributed by atoms with E-state index in [1.54, 1.807) is 10.7 Å². The van der Waals surface area contributed by atoms with Gasteiger partial charge in [-0.1, -0.05) is 18.2 Å². The molecule has 0 fully saturated rings. The zero-order valence-electron chi connectivity index (χ0n) is 12.8. The van der Waals surface area contributed by atoms with Crippen LogP contribution in [0.5, 0.6) is 0 Å². The normalized spacial score (nSPS) is 10.5. The van der Waals surface area contributed by atoms with Crippen LogP contribution in [0.2, 0.25) is 0 Å². The van der Waals surface area contributed by atoms with Crippen LogP contribution in [0.3, 0.4) is 0 Å². The number of H-pyrrole nitrogens is 1. The fraction of sp³-hybridized carbons (Fsp3) is 0.118. The van der Waals surface area contributed by atoms with Gasteiger partial charge in [-0.3, -0.25) is 9.59 Å². The van der Waals surface area contributed by atoms with Crippen LogP contribution in [0.4, 0.5) is 5.69 Å². The van der Waals surface area contributed by atoms with E-state index in [0.717, 1.165) is 11.4 Å². The molecule has 0 aliphatic rings. The molecule has 3 aromatic rings. The first kappa shape index (κ1) is 14.8. The number of aromatic amines is 1. The molecule has 23 heavy (non-hydrogen) atoms. The molecule has 6 heteroatoms. The number of nitrogens with zero attached hydrogens (tertiary/aromatic N) is 2. The van der Waals surface area contributed by atoms with E-state index in [-0.39, 0.29) is 5.56 Å². The Labute approximate surface area is 132 Å². The van der Waals surface area contributed by atoms with Crippen molar-refractivity contribution in [2.24, 2.45) is 0 Å². The molecule has 0 aliphatic heterocycles. The van der Waals surface area contributed by atoms with Crippen LogP contribution in [0.15, 0.2) is 53.5 Å². The van der Waals surface area contributed by atoms with Crippen LogP contribution in [0, 0.1) is 13.8 Å². The Bertz CT molecular complexity index is 910. The van der Waals surface area contributed by atoms with Crippen molar-refractivity contribution in [3.63, 3.8) is 0 Å². The van der Waals surface area contributed by atoms with Gasteiger partial charge >= 0.3 is 0 Å². The van der Waals surface area contributed by atoms with Gasteiger partial charge in [0.25, 0.3) is 11.5 Å². The van der Waals surface area contributed by atoms with Gasteiger partial charge in [0.05, 0.1) is 22.8 Å². The Morgan fingerprint density at radius 1 is 1.13 bits per heavy atom. The molecule has 6 nitrogen and oxygen atoms in total. The summed E-state index contributed by atoms with van der Waals surface area (Å²) in [5, 5.41) is 7.25. The average molecular weight is 308 g/mol. The Morgan fingerprint density at radius 2 is 1.87 bits per heavy atom. The number of carbonyl (C=O) groups excluding carboxylic acids is 1. The van der Waals surface area contributed by atoms with Gasteiger partial charge in [0.1, 0.15) is 5.56 Å². The number of nitrogens with one attached hydrogen (secondary N) is 2. The highest BCUT2D eigenvalue weighted by atomic mass is 16.2. The van der Waals surface area contributed by atoms with E-state index in [9.17, 15) is 9.59 Å². The monoisotopic (exact) mass is 308 g/mol. The number of para-hydroxylation sites is 1. The lowest BCUT2D eigenvalue weighted by molar-refractivity contribution is 0.102. The smallest absolute Gasteiger partial charge is 0.261 e. The highest BCUT2D eigenvalue weighted by Gasteiger charge is 2.17. The molecule has 116 valence electrons. The maximum atomic E-state index is 12.3. The van der Waals surface area contributed by atoms with Crippen LogP contribution in [-0.2, 0) is 0 Å². The third-order valence-electron chi connectivity index (χ3n) is 3.59. The second-order valence-electron chi connectivity index (χ2n) is 5.16. The number of rotatable bonds is 3.